The molecule has 0 aromatic carbocycles. The van der Waals surface area contributed by atoms with Crippen molar-refractivity contribution in [3.05, 3.63) is 0 Å². The number of aliphatic hydroxyl groups excluding tert-OH is 1. The molecule has 4 saturated carbocycles. The number of ether oxygens (including phenoxy) is 1. The molecule has 0 radical (unpaired) electrons. The number of carbonyl (C=O) groups is 2. The van der Waals surface area contributed by atoms with E-state index < -0.39 is 0 Å². The standard InChI is InChI=1S/C44H82N4O4/c1-10-47(26-13-24-45)28-15-29-48(11-2)27-14-25-46-41(51)34(17-12-16-31(3)4)40-36-18-19-39-42(7)22-21-37(50)32(5)35(42)20-23-43(39,8)44(36,9)30-38(40)52-33(6)49/h31-32,34-40,50H,10-30,45H2,1-9H3,(H,46,51)/t32-,34-,35?,36?,37+,38-,39?,40-,42-,43+,44-/m0/s1. The first kappa shape index (κ1) is 43.5. The van der Waals surface area contributed by atoms with E-state index in [1.807, 2.05) is 0 Å². The Kier molecular flexibility index (Phi) is 16.0. The fourth-order valence-electron chi connectivity index (χ4n) is 12.8. The van der Waals surface area contributed by atoms with Crippen LogP contribution in [0.5, 0.6) is 0 Å². The minimum Gasteiger partial charge on any atom is -0.462 e. The molecular weight excluding hydrogens is 649 g/mol. The molecule has 0 bridgehead atoms. The topological polar surface area (TPSA) is 108 Å². The highest BCUT2D eigenvalue weighted by atomic mass is 16.5. The summed E-state index contributed by atoms with van der Waals surface area (Å²) in [7, 11) is 0. The first-order valence-corrected chi connectivity index (χ1v) is 21.9. The maximum Gasteiger partial charge on any atom is 0.302 e. The van der Waals surface area contributed by atoms with Crippen LogP contribution in [-0.4, -0.2) is 91.3 Å². The highest BCUT2D eigenvalue weighted by Crippen LogP contribution is 2.75. The third-order valence-electron chi connectivity index (χ3n) is 15.9. The molecule has 0 heterocycles. The summed E-state index contributed by atoms with van der Waals surface area (Å²) in [6.45, 7) is 28.3. The van der Waals surface area contributed by atoms with E-state index in [-0.39, 0.29) is 52.2 Å². The van der Waals surface area contributed by atoms with Crippen LogP contribution in [0.15, 0.2) is 0 Å². The highest BCUT2D eigenvalue weighted by molar-refractivity contribution is 5.79. The monoisotopic (exact) mass is 731 g/mol. The Balaban J connectivity index is 1.48. The molecule has 4 N–H and O–H groups in total. The summed E-state index contributed by atoms with van der Waals surface area (Å²) in [6, 6.07) is 0. The van der Waals surface area contributed by atoms with Crippen LogP contribution in [0, 0.1) is 57.7 Å². The molecule has 0 aromatic heterocycles. The van der Waals surface area contributed by atoms with Crippen LogP contribution in [0.3, 0.4) is 0 Å². The van der Waals surface area contributed by atoms with E-state index in [0.717, 1.165) is 123 Å². The number of fused-ring (bicyclic) bond motifs is 5. The average molecular weight is 731 g/mol. The minimum absolute atomic E-state index is 0.0101. The van der Waals surface area contributed by atoms with Crippen LogP contribution >= 0.6 is 0 Å². The molecule has 3 unspecified atom stereocenters. The Morgan fingerprint density at radius 2 is 1.52 bits per heavy atom. The maximum atomic E-state index is 14.5. The number of amides is 1. The molecular formula is C44H82N4O4. The van der Waals surface area contributed by atoms with Crippen molar-refractivity contribution < 1.29 is 19.4 Å². The molecule has 8 heteroatoms. The van der Waals surface area contributed by atoms with E-state index in [4.69, 9.17) is 10.5 Å². The second kappa shape index (κ2) is 19.1. The van der Waals surface area contributed by atoms with Gasteiger partial charge in [0, 0.05) is 25.3 Å². The first-order valence-electron chi connectivity index (χ1n) is 21.9. The summed E-state index contributed by atoms with van der Waals surface area (Å²) in [5, 5.41) is 14.3. The van der Waals surface area contributed by atoms with E-state index in [1.54, 1.807) is 6.92 Å². The number of nitrogens with two attached hydrogens (primary N) is 1. The minimum atomic E-state index is -0.223. The van der Waals surface area contributed by atoms with Gasteiger partial charge in [-0.05, 0) is 162 Å². The Morgan fingerprint density at radius 3 is 2.13 bits per heavy atom. The molecule has 8 nitrogen and oxygen atoms in total. The van der Waals surface area contributed by atoms with E-state index >= 15 is 0 Å². The molecule has 0 saturated heterocycles. The third kappa shape index (κ3) is 9.41. The normalized spacial score (nSPS) is 36.4. The highest BCUT2D eigenvalue weighted by Gasteiger charge is 2.70. The van der Waals surface area contributed by atoms with Crippen molar-refractivity contribution >= 4 is 11.9 Å². The van der Waals surface area contributed by atoms with Crippen molar-refractivity contribution in [2.45, 2.75) is 158 Å². The molecule has 4 rings (SSSR count). The Hall–Kier alpha value is -1.22. The van der Waals surface area contributed by atoms with Crippen molar-refractivity contribution in [1.29, 1.82) is 0 Å². The van der Waals surface area contributed by atoms with Crippen molar-refractivity contribution in [2.24, 2.45) is 63.4 Å². The zero-order valence-electron chi connectivity index (χ0n) is 35.2. The SMILES string of the molecule is CCN(CCCN)CCCN(CC)CCCNC(=O)[C@@H](CCCC(C)C)[C@H]1C2CCC3[C@@]4(C)CC[C@@H](O)[C@@H](C)C4CC[C@@]3(C)[C@@]2(C)C[C@@H]1OC(C)=O. The van der Waals surface area contributed by atoms with Crippen molar-refractivity contribution in [3.63, 3.8) is 0 Å². The van der Waals surface area contributed by atoms with Gasteiger partial charge >= 0.3 is 5.97 Å². The quantitative estimate of drug-likeness (QED) is 0.0879. The van der Waals surface area contributed by atoms with E-state index in [9.17, 15) is 14.7 Å². The zero-order valence-corrected chi connectivity index (χ0v) is 35.2. The molecule has 4 aliphatic rings. The first-order chi connectivity index (χ1) is 24.7. The fourth-order valence-corrected chi connectivity index (χ4v) is 12.8. The number of hydrogen-bond acceptors (Lipinski definition) is 7. The van der Waals surface area contributed by atoms with Gasteiger partial charge in [0.2, 0.25) is 5.91 Å². The molecule has 52 heavy (non-hydrogen) atoms. The van der Waals surface area contributed by atoms with Gasteiger partial charge in [0.05, 0.1) is 6.10 Å². The second-order valence-electron chi connectivity index (χ2n) is 19.1. The van der Waals surface area contributed by atoms with Gasteiger partial charge in [0.25, 0.3) is 0 Å². The zero-order chi connectivity index (χ0) is 38.3. The fraction of sp³-hybridized carbons (Fsp3) is 0.955. The van der Waals surface area contributed by atoms with Crippen LogP contribution < -0.4 is 11.1 Å². The van der Waals surface area contributed by atoms with Gasteiger partial charge in [-0.2, -0.15) is 0 Å². The van der Waals surface area contributed by atoms with Crippen molar-refractivity contribution in [3.8, 4) is 0 Å². The predicted octanol–water partition coefficient (Wildman–Crippen LogP) is 7.52. The summed E-state index contributed by atoms with van der Waals surface area (Å²) in [5.74, 6) is 2.28. The summed E-state index contributed by atoms with van der Waals surface area (Å²) in [5.41, 5.74) is 6.05. The van der Waals surface area contributed by atoms with Gasteiger partial charge in [0.1, 0.15) is 6.10 Å². The molecule has 0 aliphatic heterocycles. The number of aliphatic hydroxyl groups is 1. The lowest BCUT2D eigenvalue weighted by molar-refractivity contribution is -0.203. The second-order valence-corrected chi connectivity index (χ2v) is 19.1. The summed E-state index contributed by atoms with van der Waals surface area (Å²) in [4.78, 5) is 32.2. The molecule has 4 fully saturated rings. The van der Waals surface area contributed by atoms with Gasteiger partial charge in [0.15, 0.2) is 0 Å². The van der Waals surface area contributed by atoms with Crippen LogP contribution in [0.1, 0.15) is 146 Å². The molecule has 4 aliphatic carbocycles. The largest absolute Gasteiger partial charge is 0.462 e. The van der Waals surface area contributed by atoms with Gasteiger partial charge in [-0.25, -0.2) is 0 Å². The number of nitrogens with one attached hydrogen (secondary N) is 1. The van der Waals surface area contributed by atoms with Gasteiger partial charge in [-0.15, -0.1) is 0 Å². The van der Waals surface area contributed by atoms with Gasteiger partial charge in [-0.3, -0.25) is 9.59 Å². The summed E-state index contributed by atoms with van der Waals surface area (Å²) >= 11 is 0. The Bertz CT molecular complexity index is 1140. The number of rotatable bonds is 20. The smallest absolute Gasteiger partial charge is 0.302 e. The lowest BCUT2D eigenvalue weighted by Crippen LogP contribution is -2.62. The summed E-state index contributed by atoms with van der Waals surface area (Å²) in [6.07, 6.45) is 13.2. The number of carbonyl (C=O) groups excluding carboxylic acids is 2. The van der Waals surface area contributed by atoms with E-state index in [2.05, 4.69) is 70.5 Å². The maximum absolute atomic E-state index is 14.5. The number of nitrogens with zero attached hydrogens (tertiary/aromatic N) is 2. The average Bonchev–Trinajstić information content (AvgIpc) is 3.38. The van der Waals surface area contributed by atoms with Crippen LogP contribution in [0.4, 0.5) is 0 Å². The van der Waals surface area contributed by atoms with Gasteiger partial charge < -0.3 is 30.7 Å². The number of hydrogen-bond donors (Lipinski definition) is 3. The molecule has 1 amide bonds. The van der Waals surface area contributed by atoms with Crippen molar-refractivity contribution in [2.75, 3.05) is 52.4 Å². The Labute approximate surface area is 319 Å². The molecule has 0 spiro atoms. The van der Waals surface area contributed by atoms with Crippen LogP contribution in [-0.2, 0) is 14.3 Å². The Morgan fingerprint density at radius 1 is 0.865 bits per heavy atom. The van der Waals surface area contributed by atoms with Gasteiger partial charge in [-0.1, -0.05) is 68.2 Å². The summed E-state index contributed by atoms with van der Waals surface area (Å²) < 4.78 is 6.31. The molecule has 11 atom stereocenters. The number of esters is 1. The van der Waals surface area contributed by atoms with E-state index in [1.165, 1.54) is 6.42 Å². The third-order valence-corrected chi connectivity index (χ3v) is 15.9. The molecule has 302 valence electrons. The lowest BCUT2D eigenvalue weighted by atomic mass is 9.37. The van der Waals surface area contributed by atoms with E-state index in [0.29, 0.717) is 36.1 Å². The lowest BCUT2D eigenvalue weighted by Gasteiger charge is -2.68. The molecule has 0 aromatic rings. The van der Waals surface area contributed by atoms with Crippen LogP contribution in [0.25, 0.3) is 0 Å². The van der Waals surface area contributed by atoms with Crippen LogP contribution in [0.2, 0.25) is 0 Å². The van der Waals surface area contributed by atoms with Crippen molar-refractivity contribution in [1.82, 2.24) is 15.1 Å². The predicted molar refractivity (Wildman–Crippen MR) is 214 cm³/mol.